The van der Waals surface area contributed by atoms with Gasteiger partial charge in [-0.2, -0.15) is 9.78 Å². The molecule has 7 heteroatoms. The number of benzene rings is 1. The molecule has 0 atom stereocenters. The van der Waals surface area contributed by atoms with Crippen molar-refractivity contribution in [3.63, 3.8) is 0 Å². The van der Waals surface area contributed by atoms with Gasteiger partial charge in [-0.05, 0) is 34.1 Å². The van der Waals surface area contributed by atoms with Gasteiger partial charge in [-0.3, -0.25) is 0 Å². The summed E-state index contributed by atoms with van der Waals surface area (Å²) in [6.07, 6.45) is 3.07. The van der Waals surface area contributed by atoms with Crippen LogP contribution in [0.15, 0.2) is 35.1 Å². The van der Waals surface area contributed by atoms with Crippen LogP contribution in [0.1, 0.15) is 0 Å². The molecule has 0 saturated heterocycles. The number of carbonyl (C=O) groups is 1. The van der Waals surface area contributed by atoms with Gasteiger partial charge < -0.3 is 5.32 Å². The minimum atomic E-state index is -0.380. The van der Waals surface area contributed by atoms with E-state index in [-0.39, 0.29) is 6.03 Å². The summed E-state index contributed by atoms with van der Waals surface area (Å²) in [6.45, 7) is 0. The Bertz CT molecular complexity index is 570. The number of carbonyl (C=O) groups excluding carboxylic acids is 1. The highest BCUT2D eigenvalue weighted by Gasteiger charge is 2.07. The quantitative estimate of drug-likeness (QED) is 0.855. The topological polar surface area (TPSA) is 46.9 Å². The third-order valence-corrected chi connectivity index (χ3v) is 3.08. The summed E-state index contributed by atoms with van der Waals surface area (Å²) in [5.74, 6) is 0. The summed E-state index contributed by atoms with van der Waals surface area (Å²) < 4.78 is 1.90. The standard InChI is InChI=1S/C10H6BrCl2N3O/c11-6-4-14-16(5-6)10(17)15-7-1-2-8(12)9(13)3-7/h1-5H,(H,15,17). The maximum atomic E-state index is 11.7. The number of hydrogen-bond donors (Lipinski definition) is 1. The minimum absolute atomic E-state index is 0.380. The van der Waals surface area contributed by atoms with Gasteiger partial charge in [0.2, 0.25) is 0 Å². The van der Waals surface area contributed by atoms with Gasteiger partial charge in [-0.25, -0.2) is 4.79 Å². The Hall–Kier alpha value is -1.04. The molecule has 2 aromatic rings. The van der Waals surface area contributed by atoms with Gasteiger partial charge in [0.05, 0.1) is 20.7 Å². The predicted molar refractivity (Wildman–Crippen MR) is 70.8 cm³/mol. The Morgan fingerprint density at radius 2 is 2.12 bits per heavy atom. The average molecular weight is 335 g/mol. The van der Waals surface area contributed by atoms with Crippen molar-refractivity contribution < 1.29 is 4.79 Å². The zero-order chi connectivity index (χ0) is 12.4. The Morgan fingerprint density at radius 1 is 1.35 bits per heavy atom. The molecule has 4 nitrogen and oxygen atoms in total. The van der Waals surface area contributed by atoms with Crippen molar-refractivity contribution in [1.82, 2.24) is 9.78 Å². The Morgan fingerprint density at radius 3 is 2.71 bits per heavy atom. The van der Waals surface area contributed by atoms with Crippen LogP contribution in [0.4, 0.5) is 10.5 Å². The monoisotopic (exact) mass is 333 g/mol. The van der Waals surface area contributed by atoms with Crippen molar-refractivity contribution in [3.8, 4) is 0 Å². The average Bonchev–Trinajstić information content (AvgIpc) is 2.70. The number of nitrogens with one attached hydrogen (secondary N) is 1. The fraction of sp³-hybridized carbons (Fsp3) is 0. The molecule has 0 aliphatic rings. The number of amides is 1. The predicted octanol–water partition coefficient (Wildman–Crippen LogP) is 4.03. The third-order valence-electron chi connectivity index (χ3n) is 1.93. The summed E-state index contributed by atoms with van der Waals surface area (Å²) in [7, 11) is 0. The lowest BCUT2D eigenvalue weighted by Gasteiger charge is -2.05. The van der Waals surface area contributed by atoms with Crippen molar-refractivity contribution in [3.05, 3.63) is 45.1 Å². The van der Waals surface area contributed by atoms with E-state index in [0.29, 0.717) is 15.7 Å². The van der Waals surface area contributed by atoms with Crippen LogP contribution >= 0.6 is 39.1 Å². The Labute approximate surface area is 116 Å². The molecule has 1 N–H and O–H groups in total. The van der Waals surface area contributed by atoms with Gasteiger partial charge in [-0.1, -0.05) is 23.2 Å². The molecule has 0 saturated carbocycles. The highest BCUT2D eigenvalue weighted by Crippen LogP contribution is 2.25. The summed E-state index contributed by atoms with van der Waals surface area (Å²) in [6, 6.07) is 4.46. The third kappa shape index (κ3) is 3.00. The van der Waals surface area contributed by atoms with E-state index in [4.69, 9.17) is 23.2 Å². The number of hydrogen-bond acceptors (Lipinski definition) is 2. The van der Waals surface area contributed by atoms with Crippen LogP contribution in [0.25, 0.3) is 0 Å². The van der Waals surface area contributed by atoms with Crippen LogP contribution in [0.2, 0.25) is 10.0 Å². The second-order valence-corrected chi connectivity index (χ2v) is 4.89. The van der Waals surface area contributed by atoms with Crippen molar-refractivity contribution in [2.75, 3.05) is 5.32 Å². The first kappa shape index (κ1) is 12.4. The molecule has 17 heavy (non-hydrogen) atoms. The highest BCUT2D eigenvalue weighted by atomic mass is 79.9. The van der Waals surface area contributed by atoms with Crippen LogP contribution in [-0.4, -0.2) is 15.8 Å². The summed E-state index contributed by atoms with van der Waals surface area (Å²) in [4.78, 5) is 11.7. The fourth-order valence-electron chi connectivity index (χ4n) is 1.17. The molecule has 1 heterocycles. The van der Waals surface area contributed by atoms with Crippen LogP contribution < -0.4 is 5.32 Å². The van der Waals surface area contributed by atoms with Gasteiger partial charge in [-0.15, -0.1) is 0 Å². The van der Waals surface area contributed by atoms with Crippen LogP contribution in [0, 0.1) is 0 Å². The summed E-state index contributed by atoms with van der Waals surface area (Å²) >= 11 is 14.8. The molecular weight excluding hydrogens is 329 g/mol. The number of halogens is 3. The highest BCUT2D eigenvalue weighted by molar-refractivity contribution is 9.10. The van der Waals surface area contributed by atoms with E-state index in [2.05, 4.69) is 26.3 Å². The van der Waals surface area contributed by atoms with Crippen LogP contribution in [0.5, 0.6) is 0 Å². The zero-order valence-electron chi connectivity index (χ0n) is 8.32. The molecule has 1 aromatic heterocycles. The molecule has 0 fully saturated rings. The SMILES string of the molecule is O=C(Nc1ccc(Cl)c(Cl)c1)n1cc(Br)cn1. The largest absolute Gasteiger partial charge is 0.346 e. The molecule has 88 valence electrons. The van der Waals surface area contributed by atoms with E-state index in [0.717, 1.165) is 4.47 Å². The Kier molecular flexibility index (Phi) is 3.71. The molecule has 2 rings (SSSR count). The molecule has 0 spiro atoms. The summed E-state index contributed by atoms with van der Waals surface area (Å²) in [5.41, 5.74) is 0.552. The second kappa shape index (κ2) is 5.08. The van der Waals surface area contributed by atoms with Crippen LogP contribution in [0.3, 0.4) is 0 Å². The number of aromatic nitrogens is 2. The Balaban J connectivity index is 2.15. The van der Waals surface area contributed by atoms with Gasteiger partial charge in [0.1, 0.15) is 0 Å². The molecule has 1 aromatic carbocycles. The first-order valence-corrected chi connectivity index (χ1v) is 6.08. The molecule has 0 aliphatic carbocycles. The maximum absolute atomic E-state index is 11.7. The van der Waals surface area contributed by atoms with Gasteiger partial charge in [0.25, 0.3) is 0 Å². The molecular formula is C10H6BrCl2N3O. The second-order valence-electron chi connectivity index (χ2n) is 3.16. The van der Waals surface area contributed by atoms with Crippen molar-refractivity contribution in [2.45, 2.75) is 0 Å². The fourth-order valence-corrected chi connectivity index (χ4v) is 1.75. The molecule has 1 amide bonds. The number of anilines is 1. The van der Waals surface area contributed by atoms with Crippen molar-refractivity contribution >= 4 is 50.9 Å². The molecule has 0 aliphatic heterocycles. The molecule has 0 radical (unpaired) electrons. The van der Waals surface area contributed by atoms with Crippen molar-refractivity contribution in [1.29, 1.82) is 0 Å². The maximum Gasteiger partial charge on any atom is 0.346 e. The molecule has 0 bridgehead atoms. The van der Waals surface area contributed by atoms with Gasteiger partial charge >= 0.3 is 6.03 Å². The van der Waals surface area contributed by atoms with E-state index < -0.39 is 0 Å². The lowest BCUT2D eigenvalue weighted by molar-refractivity contribution is 0.251. The first-order chi connectivity index (χ1) is 8.06. The van der Waals surface area contributed by atoms with Crippen LogP contribution in [-0.2, 0) is 0 Å². The van der Waals surface area contributed by atoms with E-state index >= 15 is 0 Å². The molecule has 0 unspecified atom stereocenters. The number of nitrogens with zero attached hydrogens (tertiary/aromatic N) is 2. The van der Waals surface area contributed by atoms with E-state index in [1.54, 1.807) is 24.4 Å². The zero-order valence-corrected chi connectivity index (χ0v) is 11.4. The van der Waals surface area contributed by atoms with E-state index in [1.807, 2.05) is 0 Å². The van der Waals surface area contributed by atoms with Gasteiger partial charge in [0, 0.05) is 11.9 Å². The van der Waals surface area contributed by atoms with Crippen molar-refractivity contribution in [2.24, 2.45) is 0 Å². The first-order valence-electron chi connectivity index (χ1n) is 4.53. The lowest BCUT2D eigenvalue weighted by atomic mass is 10.3. The van der Waals surface area contributed by atoms with Gasteiger partial charge in [0.15, 0.2) is 0 Å². The van der Waals surface area contributed by atoms with E-state index in [1.165, 1.54) is 10.9 Å². The minimum Gasteiger partial charge on any atom is -0.306 e. The van der Waals surface area contributed by atoms with E-state index in [9.17, 15) is 4.79 Å². The lowest BCUT2D eigenvalue weighted by Crippen LogP contribution is -2.19. The number of rotatable bonds is 1. The smallest absolute Gasteiger partial charge is 0.306 e. The summed E-state index contributed by atoms with van der Waals surface area (Å²) in [5, 5.41) is 7.30. The normalized spacial score (nSPS) is 10.3.